The number of nitro benzene ring substituents is 1. The number of rotatable bonds is 3. The summed E-state index contributed by atoms with van der Waals surface area (Å²) < 4.78 is 1.67. The van der Waals surface area contributed by atoms with E-state index < -0.39 is 4.92 Å². The predicted octanol–water partition coefficient (Wildman–Crippen LogP) is 2.62. The number of non-ortho nitro benzene ring substituents is 1. The predicted molar refractivity (Wildman–Crippen MR) is 74.9 cm³/mol. The zero-order chi connectivity index (χ0) is 14.1. The summed E-state index contributed by atoms with van der Waals surface area (Å²) in [6, 6.07) is 8.47. The van der Waals surface area contributed by atoms with E-state index in [2.05, 4.69) is 15.4 Å². The van der Waals surface area contributed by atoms with Gasteiger partial charge in [-0.3, -0.25) is 14.8 Å². The molecule has 3 rings (SSSR count). The third-order valence-corrected chi connectivity index (χ3v) is 2.92. The Bertz CT molecular complexity index is 796. The molecule has 0 aliphatic heterocycles. The Balaban J connectivity index is 2.12. The third-order valence-electron chi connectivity index (χ3n) is 2.92. The summed E-state index contributed by atoms with van der Waals surface area (Å²) >= 11 is 0. The molecule has 0 atom stereocenters. The summed E-state index contributed by atoms with van der Waals surface area (Å²) in [6.45, 7) is 0. The molecule has 0 aliphatic rings. The van der Waals surface area contributed by atoms with Crippen LogP contribution in [0.2, 0.25) is 0 Å². The fourth-order valence-corrected chi connectivity index (χ4v) is 2.04. The fraction of sp³-hybridized carbons (Fsp3) is 0.0769. The molecule has 0 spiro atoms. The zero-order valence-corrected chi connectivity index (χ0v) is 10.6. The molecule has 0 radical (unpaired) electrons. The van der Waals surface area contributed by atoms with Crippen LogP contribution in [0, 0.1) is 10.1 Å². The lowest BCUT2D eigenvalue weighted by atomic mass is 10.1. The van der Waals surface area contributed by atoms with Gasteiger partial charge in [-0.2, -0.15) is 5.10 Å². The second-order valence-corrected chi connectivity index (χ2v) is 4.29. The minimum absolute atomic E-state index is 0.00725. The largest absolute Gasteiger partial charge is 0.338 e. The first-order chi connectivity index (χ1) is 9.65. The van der Waals surface area contributed by atoms with Gasteiger partial charge in [0.25, 0.3) is 5.69 Å². The Morgan fingerprint density at radius 1 is 1.30 bits per heavy atom. The van der Waals surface area contributed by atoms with Gasteiger partial charge in [0.05, 0.1) is 10.6 Å². The summed E-state index contributed by atoms with van der Waals surface area (Å²) in [6.07, 6.45) is 3.36. The maximum Gasteiger partial charge on any atom is 0.295 e. The van der Waals surface area contributed by atoms with Crippen LogP contribution < -0.4 is 5.32 Å². The summed E-state index contributed by atoms with van der Waals surface area (Å²) in [4.78, 5) is 14.7. The summed E-state index contributed by atoms with van der Waals surface area (Å²) in [7, 11) is 1.82. The molecule has 2 heterocycles. The van der Waals surface area contributed by atoms with Crippen LogP contribution in [0.15, 0.2) is 42.7 Å². The van der Waals surface area contributed by atoms with E-state index in [1.54, 1.807) is 29.1 Å². The average molecular weight is 269 g/mol. The van der Waals surface area contributed by atoms with Crippen LogP contribution in [0.3, 0.4) is 0 Å². The van der Waals surface area contributed by atoms with Crippen molar-refractivity contribution in [3.63, 3.8) is 0 Å². The molecule has 7 nitrogen and oxygen atoms in total. The minimum atomic E-state index is -0.431. The molecule has 0 saturated heterocycles. The Labute approximate surface area is 114 Å². The lowest BCUT2D eigenvalue weighted by Crippen LogP contribution is -1.97. The van der Waals surface area contributed by atoms with Crippen molar-refractivity contribution in [2.45, 2.75) is 0 Å². The number of aryl methyl sites for hydroxylation is 1. The number of pyridine rings is 1. The Kier molecular flexibility index (Phi) is 2.79. The van der Waals surface area contributed by atoms with Crippen LogP contribution >= 0.6 is 0 Å². The van der Waals surface area contributed by atoms with Crippen molar-refractivity contribution in [2.75, 3.05) is 5.32 Å². The molecule has 100 valence electrons. The van der Waals surface area contributed by atoms with Crippen molar-refractivity contribution in [1.29, 1.82) is 0 Å². The number of nitrogens with zero attached hydrogens (tertiary/aromatic N) is 4. The molecule has 7 heteroatoms. The van der Waals surface area contributed by atoms with Crippen LogP contribution in [0.4, 0.5) is 17.2 Å². The normalized spacial score (nSPS) is 10.7. The molecule has 1 aromatic carbocycles. The summed E-state index contributed by atoms with van der Waals surface area (Å²) in [5.41, 5.74) is 1.09. The second kappa shape index (κ2) is 4.61. The first-order valence-corrected chi connectivity index (χ1v) is 5.94. The molecule has 20 heavy (non-hydrogen) atoms. The Hall–Kier alpha value is -2.96. The molecule has 0 aliphatic carbocycles. The van der Waals surface area contributed by atoms with E-state index >= 15 is 0 Å². The Morgan fingerprint density at radius 3 is 2.85 bits per heavy atom. The van der Waals surface area contributed by atoms with E-state index in [1.165, 1.54) is 6.07 Å². The highest BCUT2D eigenvalue weighted by Gasteiger charge is 2.14. The first-order valence-electron chi connectivity index (χ1n) is 5.94. The zero-order valence-electron chi connectivity index (χ0n) is 10.6. The van der Waals surface area contributed by atoms with Gasteiger partial charge in [-0.05, 0) is 6.07 Å². The Morgan fingerprint density at radius 2 is 2.15 bits per heavy atom. The topological polar surface area (TPSA) is 85.9 Å². The maximum absolute atomic E-state index is 11.0. The first kappa shape index (κ1) is 12.1. The van der Waals surface area contributed by atoms with Gasteiger partial charge in [0.1, 0.15) is 5.52 Å². The average Bonchev–Trinajstić information content (AvgIpc) is 2.84. The van der Waals surface area contributed by atoms with Crippen molar-refractivity contribution >= 4 is 28.1 Å². The van der Waals surface area contributed by atoms with E-state index in [-0.39, 0.29) is 5.69 Å². The number of para-hydroxylation sites is 1. The monoisotopic (exact) mass is 269 g/mol. The number of aromatic nitrogens is 3. The SMILES string of the molecule is Cn1ccc(Nc2ccnc3c([N+](=O)[O-])cccc23)n1. The number of nitrogens with one attached hydrogen (secondary N) is 1. The van der Waals surface area contributed by atoms with Gasteiger partial charge in [-0.25, -0.2) is 4.98 Å². The fourth-order valence-electron chi connectivity index (χ4n) is 2.04. The van der Waals surface area contributed by atoms with E-state index in [9.17, 15) is 10.1 Å². The molecular weight excluding hydrogens is 258 g/mol. The molecule has 0 bridgehead atoms. The minimum Gasteiger partial charge on any atom is -0.338 e. The summed E-state index contributed by atoms with van der Waals surface area (Å²) in [5, 5.41) is 19.1. The molecule has 0 fully saturated rings. The van der Waals surface area contributed by atoms with Crippen molar-refractivity contribution in [2.24, 2.45) is 7.05 Å². The van der Waals surface area contributed by atoms with Crippen molar-refractivity contribution in [3.8, 4) is 0 Å². The number of benzene rings is 1. The molecular formula is C13H11N5O2. The van der Waals surface area contributed by atoms with Crippen LogP contribution in [0.25, 0.3) is 10.9 Å². The van der Waals surface area contributed by atoms with Gasteiger partial charge in [-0.1, -0.05) is 12.1 Å². The highest BCUT2D eigenvalue weighted by molar-refractivity contribution is 5.97. The van der Waals surface area contributed by atoms with Crippen LogP contribution in [0.5, 0.6) is 0 Å². The van der Waals surface area contributed by atoms with Crippen molar-refractivity contribution in [1.82, 2.24) is 14.8 Å². The van der Waals surface area contributed by atoms with Crippen LogP contribution in [0.1, 0.15) is 0 Å². The van der Waals surface area contributed by atoms with Gasteiger partial charge < -0.3 is 5.32 Å². The molecule has 2 aromatic heterocycles. The molecule has 0 amide bonds. The number of anilines is 2. The number of hydrogen-bond acceptors (Lipinski definition) is 5. The molecule has 0 unspecified atom stereocenters. The van der Waals surface area contributed by atoms with Gasteiger partial charge in [0.15, 0.2) is 5.82 Å². The highest BCUT2D eigenvalue weighted by Crippen LogP contribution is 2.29. The van der Waals surface area contributed by atoms with Gasteiger partial charge in [-0.15, -0.1) is 0 Å². The van der Waals surface area contributed by atoms with E-state index in [4.69, 9.17) is 0 Å². The standard InChI is InChI=1S/C13H11N5O2/c1-17-8-6-12(16-17)15-10-5-7-14-13-9(10)3-2-4-11(13)18(19)20/h2-8H,1H3,(H,14,15,16). The van der Waals surface area contributed by atoms with E-state index in [1.807, 2.05) is 19.3 Å². The van der Waals surface area contributed by atoms with Crippen LogP contribution in [-0.4, -0.2) is 19.7 Å². The molecule has 3 aromatic rings. The maximum atomic E-state index is 11.0. The van der Waals surface area contributed by atoms with E-state index in [0.29, 0.717) is 16.7 Å². The van der Waals surface area contributed by atoms with Gasteiger partial charge >= 0.3 is 0 Å². The van der Waals surface area contributed by atoms with Crippen molar-refractivity contribution in [3.05, 3.63) is 52.8 Å². The van der Waals surface area contributed by atoms with E-state index in [0.717, 1.165) is 5.69 Å². The number of hydrogen-bond donors (Lipinski definition) is 1. The third kappa shape index (κ3) is 2.05. The number of nitro groups is 1. The number of fused-ring (bicyclic) bond motifs is 1. The summed E-state index contributed by atoms with van der Waals surface area (Å²) in [5.74, 6) is 0.673. The lowest BCUT2D eigenvalue weighted by Gasteiger charge is -2.07. The molecule has 1 N–H and O–H groups in total. The van der Waals surface area contributed by atoms with Crippen LogP contribution in [-0.2, 0) is 7.05 Å². The second-order valence-electron chi connectivity index (χ2n) is 4.29. The van der Waals surface area contributed by atoms with Gasteiger partial charge in [0.2, 0.25) is 0 Å². The lowest BCUT2D eigenvalue weighted by molar-refractivity contribution is -0.383. The smallest absolute Gasteiger partial charge is 0.295 e. The highest BCUT2D eigenvalue weighted by atomic mass is 16.6. The van der Waals surface area contributed by atoms with Gasteiger partial charge in [0, 0.05) is 37.0 Å². The van der Waals surface area contributed by atoms with Crippen molar-refractivity contribution < 1.29 is 4.92 Å². The molecule has 0 saturated carbocycles. The quantitative estimate of drug-likeness (QED) is 0.583.